The number of hydrogen-bond acceptors (Lipinski definition) is 4. The normalized spacial score (nSPS) is 17.8. The Hall–Kier alpha value is -1.93. The Morgan fingerprint density at radius 2 is 2.04 bits per heavy atom. The summed E-state index contributed by atoms with van der Waals surface area (Å²) in [5.74, 6) is -1.44. The summed E-state index contributed by atoms with van der Waals surface area (Å²) in [4.78, 5) is 15.6. The monoisotopic (exact) mass is 342 g/mol. The van der Waals surface area contributed by atoms with Crippen LogP contribution in [-0.2, 0) is 4.74 Å². The third kappa shape index (κ3) is 4.78. The molecule has 1 saturated heterocycles. The highest BCUT2D eigenvalue weighted by atomic mass is 19.1. The number of rotatable bonds is 6. The number of nitrogens with zero attached hydrogens (tertiary/aromatic N) is 2. The van der Waals surface area contributed by atoms with Crippen LogP contribution in [0.15, 0.2) is 12.1 Å². The first-order valence-corrected chi connectivity index (χ1v) is 7.86. The summed E-state index contributed by atoms with van der Waals surface area (Å²) in [6.07, 6.45) is 0.833. The zero-order chi connectivity index (χ0) is 17.7. The summed E-state index contributed by atoms with van der Waals surface area (Å²) in [7, 11) is 4.76. The van der Waals surface area contributed by atoms with Crippen molar-refractivity contribution >= 4 is 17.4 Å². The zero-order valence-corrected chi connectivity index (χ0v) is 14.2. The molecule has 2 amide bonds. The molecule has 0 aromatic heterocycles. The van der Waals surface area contributed by atoms with Gasteiger partial charge in [0.2, 0.25) is 0 Å². The van der Waals surface area contributed by atoms with Gasteiger partial charge in [-0.3, -0.25) is 4.90 Å². The van der Waals surface area contributed by atoms with E-state index in [4.69, 9.17) is 4.74 Å². The number of benzene rings is 1. The van der Waals surface area contributed by atoms with Gasteiger partial charge in [0.05, 0.1) is 6.61 Å². The molecule has 0 saturated carbocycles. The highest BCUT2D eigenvalue weighted by Crippen LogP contribution is 2.25. The molecule has 2 rings (SSSR count). The lowest BCUT2D eigenvalue weighted by atomic mass is 10.2. The second kappa shape index (κ2) is 8.25. The lowest BCUT2D eigenvalue weighted by Crippen LogP contribution is -2.40. The average molecular weight is 342 g/mol. The Morgan fingerprint density at radius 3 is 2.62 bits per heavy atom. The molecule has 8 heteroatoms. The van der Waals surface area contributed by atoms with E-state index in [0.29, 0.717) is 6.61 Å². The molecule has 0 aliphatic carbocycles. The van der Waals surface area contributed by atoms with Crippen molar-refractivity contribution in [3.05, 3.63) is 23.8 Å². The number of nitrogens with one attached hydrogen (secondary N) is 2. The van der Waals surface area contributed by atoms with Crippen LogP contribution in [0.3, 0.4) is 0 Å². The number of methoxy groups -OCH3 is 1. The van der Waals surface area contributed by atoms with Gasteiger partial charge < -0.3 is 20.3 Å². The molecule has 1 aliphatic heterocycles. The minimum atomic E-state index is -0.720. The fraction of sp³-hybridized carbons (Fsp3) is 0.562. The number of hydrogen-bond donors (Lipinski definition) is 2. The second-order valence-corrected chi connectivity index (χ2v) is 6.06. The van der Waals surface area contributed by atoms with Gasteiger partial charge in [-0.25, -0.2) is 13.6 Å². The van der Waals surface area contributed by atoms with Gasteiger partial charge in [-0.05, 0) is 18.6 Å². The fourth-order valence-electron chi connectivity index (χ4n) is 2.79. The van der Waals surface area contributed by atoms with E-state index in [2.05, 4.69) is 15.5 Å². The van der Waals surface area contributed by atoms with Gasteiger partial charge in [-0.1, -0.05) is 0 Å². The third-order valence-corrected chi connectivity index (χ3v) is 3.94. The molecule has 1 unspecified atom stereocenters. The van der Waals surface area contributed by atoms with E-state index in [-0.39, 0.29) is 17.4 Å². The number of amides is 2. The maximum absolute atomic E-state index is 13.9. The molecular formula is C16H24F2N4O2. The second-order valence-electron chi connectivity index (χ2n) is 6.06. The Morgan fingerprint density at radius 1 is 1.38 bits per heavy atom. The van der Waals surface area contributed by atoms with Gasteiger partial charge >= 0.3 is 6.03 Å². The van der Waals surface area contributed by atoms with Crippen LogP contribution in [0.2, 0.25) is 0 Å². The van der Waals surface area contributed by atoms with Crippen molar-refractivity contribution in [1.29, 1.82) is 0 Å². The van der Waals surface area contributed by atoms with Crippen molar-refractivity contribution in [3.8, 4) is 0 Å². The van der Waals surface area contributed by atoms with Crippen molar-refractivity contribution in [3.63, 3.8) is 0 Å². The summed E-state index contributed by atoms with van der Waals surface area (Å²) >= 11 is 0. The van der Waals surface area contributed by atoms with E-state index in [9.17, 15) is 13.6 Å². The van der Waals surface area contributed by atoms with Crippen LogP contribution in [0.1, 0.15) is 6.42 Å². The quantitative estimate of drug-likeness (QED) is 0.829. The summed E-state index contributed by atoms with van der Waals surface area (Å²) in [5.41, 5.74) is -0.0483. The Kier molecular flexibility index (Phi) is 6.33. The molecule has 1 aliphatic rings. The Labute approximate surface area is 140 Å². The van der Waals surface area contributed by atoms with Crippen molar-refractivity contribution in [2.75, 3.05) is 57.7 Å². The van der Waals surface area contributed by atoms with E-state index in [0.717, 1.165) is 38.2 Å². The fourth-order valence-corrected chi connectivity index (χ4v) is 2.79. The van der Waals surface area contributed by atoms with E-state index in [1.807, 2.05) is 0 Å². The summed E-state index contributed by atoms with van der Waals surface area (Å²) in [5, 5.41) is 5.31. The van der Waals surface area contributed by atoms with Gasteiger partial charge in [-0.2, -0.15) is 0 Å². The first-order valence-electron chi connectivity index (χ1n) is 7.86. The minimum Gasteiger partial charge on any atom is -0.383 e. The molecule has 0 radical (unpaired) electrons. The van der Waals surface area contributed by atoms with E-state index >= 15 is 0 Å². The van der Waals surface area contributed by atoms with E-state index < -0.39 is 17.7 Å². The summed E-state index contributed by atoms with van der Waals surface area (Å²) in [6, 6.07) is 1.76. The molecule has 1 fully saturated rings. The molecule has 0 bridgehead atoms. The number of carbonyl (C=O) groups is 1. The highest BCUT2D eigenvalue weighted by Gasteiger charge is 2.23. The van der Waals surface area contributed by atoms with Crippen LogP contribution in [0, 0.1) is 11.6 Å². The van der Waals surface area contributed by atoms with Crippen molar-refractivity contribution in [2.24, 2.45) is 0 Å². The molecule has 1 aromatic rings. The van der Waals surface area contributed by atoms with Crippen LogP contribution >= 0.6 is 0 Å². The van der Waals surface area contributed by atoms with Crippen molar-refractivity contribution in [2.45, 2.75) is 12.5 Å². The SMILES string of the molecule is COCCN1CCC(NC(=O)Nc2cc(F)c(N(C)C)c(F)c2)C1. The predicted octanol–water partition coefficient (Wildman–Crippen LogP) is 1.87. The van der Waals surface area contributed by atoms with Crippen molar-refractivity contribution < 1.29 is 18.3 Å². The zero-order valence-electron chi connectivity index (χ0n) is 14.2. The van der Waals surface area contributed by atoms with Crippen LogP contribution < -0.4 is 15.5 Å². The van der Waals surface area contributed by atoms with Gasteiger partial charge in [0.15, 0.2) is 11.6 Å². The average Bonchev–Trinajstić information content (AvgIpc) is 2.91. The van der Waals surface area contributed by atoms with Crippen molar-refractivity contribution in [1.82, 2.24) is 10.2 Å². The van der Waals surface area contributed by atoms with E-state index in [1.165, 1.54) is 4.90 Å². The molecule has 1 atom stereocenters. The summed E-state index contributed by atoms with van der Waals surface area (Å²) < 4.78 is 32.9. The number of halogens is 2. The van der Waals surface area contributed by atoms with Gasteiger partial charge in [0, 0.05) is 52.6 Å². The topological polar surface area (TPSA) is 56.8 Å². The number of likely N-dealkylation sites (tertiary alicyclic amines) is 1. The maximum Gasteiger partial charge on any atom is 0.319 e. The Balaban J connectivity index is 1.89. The minimum absolute atomic E-state index is 0.0117. The molecule has 1 heterocycles. The van der Waals surface area contributed by atoms with Gasteiger partial charge in [0.1, 0.15) is 5.69 Å². The molecule has 6 nitrogen and oxygen atoms in total. The molecular weight excluding hydrogens is 318 g/mol. The first kappa shape index (κ1) is 18.4. The van der Waals surface area contributed by atoms with Crippen LogP contribution in [-0.4, -0.2) is 64.4 Å². The summed E-state index contributed by atoms with van der Waals surface area (Å²) in [6.45, 7) is 3.09. The predicted molar refractivity (Wildman–Crippen MR) is 89.6 cm³/mol. The maximum atomic E-state index is 13.9. The molecule has 24 heavy (non-hydrogen) atoms. The number of urea groups is 1. The van der Waals surface area contributed by atoms with Gasteiger partial charge in [-0.15, -0.1) is 0 Å². The molecule has 2 N–H and O–H groups in total. The number of anilines is 2. The van der Waals surface area contributed by atoms with Gasteiger partial charge in [0.25, 0.3) is 0 Å². The first-order chi connectivity index (χ1) is 11.4. The van der Waals surface area contributed by atoms with Crippen LogP contribution in [0.25, 0.3) is 0 Å². The van der Waals surface area contributed by atoms with E-state index in [1.54, 1.807) is 21.2 Å². The highest BCUT2D eigenvalue weighted by molar-refractivity contribution is 5.89. The lowest BCUT2D eigenvalue weighted by Gasteiger charge is -2.18. The molecule has 1 aromatic carbocycles. The van der Waals surface area contributed by atoms with Crippen LogP contribution in [0.5, 0.6) is 0 Å². The standard InChI is InChI=1S/C16H24F2N4O2/c1-21(2)15-13(17)8-12(9-14(15)18)20-16(23)19-11-4-5-22(10-11)6-7-24-3/h8-9,11H,4-7,10H2,1-3H3,(H2,19,20,23). The lowest BCUT2D eigenvalue weighted by molar-refractivity contribution is 0.160. The smallest absolute Gasteiger partial charge is 0.319 e. The Bertz CT molecular complexity index is 560. The largest absolute Gasteiger partial charge is 0.383 e. The third-order valence-electron chi connectivity index (χ3n) is 3.94. The van der Waals surface area contributed by atoms with Crippen LogP contribution in [0.4, 0.5) is 25.0 Å². The molecule has 0 spiro atoms. The number of carbonyl (C=O) groups excluding carboxylic acids is 1. The molecule has 134 valence electrons. The number of ether oxygens (including phenoxy) is 1.